The number of rotatable bonds is 8. The highest BCUT2D eigenvalue weighted by atomic mass is 32.1. The molecular weight excluding hydrogens is 330 g/mol. The minimum Gasteiger partial charge on any atom is -0.481 e. The van der Waals surface area contributed by atoms with E-state index in [1.165, 1.54) is 31.7 Å². The maximum absolute atomic E-state index is 10.5. The van der Waals surface area contributed by atoms with Gasteiger partial charge < -0.3 is 10.4 Å². The molecule has 25 heavy (non-hydrogen) atoms. The van der Waals surface area contributed by atoms with Gasteiger partial charge in [-0.1, -0.05) is 49.4 Å². The van der Waals surface area contributed by atoms with Gasteiger partial charge in [0, 0.05) is 22.5 Å². The van der Waals surface area contributed by atoms with Crippen molar-refractivity contribution in [1.82, 2.24) is 5.32 Å². The second-order valence-corrected chi connectivity index (χ2v) is 7.26. The number of thiophene rings is 1. The highest BCUT2D eigenvalue weighted by molar-refractivity contribution is 7.19. The van der Waals surface area contributed by atoms with Gasteiger partial charge in [0.15, 0.2) is 0 Å². The van der Waals surface area contributed by atoms with Crippen LogP contribution in [0.3, 0.4) is 0 Å². The molecule has 0 unspecified atom stereocenters. The monoisotopic (exact) mass is 353 g/mol. The highest BCUT2D eigenvalue weighted by Crippen LogP contribution is 2.36. The normalized spacial score (nSPS) is 11.1. The summed E-state index contributed by atoms with van der Waals surface area (Å²) in [5.74, 6) is -0.733. The first-order valence-electron chi connectivity index (χ1n) is 8.71. The minimum atomic E-state index is -0.733. The van der Waals surface area contributed by atoms with Crippen molar-refractivity contribution in [2.45, 2.75) is 32.7 Å². The van der Waals surface area contributed by atoms with Gasteiger partial charge in [0.05, 0.1) is 0 Å². The first-order chi connectivity index (χ1) is 12.2. The van der Waals surface area contributed by atoms with Crippen molar-refractivity contribution in [2.24, 2.45) is 0 Å². The molecule has 0 aliphatic rings. The molecule has 3 nitrogen and oxygen atoms in total. The van der Waals surface area contributed by atoms with Crippen LogP contribution in [-0.2, 0) is 17.8 Å². The van der Waals surface area contributed by atoms with Crippen LogP contribution in [0.5, 0.6) is 0 Å². The fourth-order valence-corrected chi connectivity index (χ4v) is 4.24. The molecule has 4 heteroatoms. The largest absolute Gasteiger partial charge is 0.481 e. The number of aryl methyl sites for hydroxylation is 1. The summed E-state index contributed by atoms with van der Waals surface area (Å²) in [6, 6.07) is 17.3. The Labute approximate surface area is 152 Å². The smallest absolute Gasteiger partial charge is 0.303 e. The Bertz CT molecular complexity index is 869. The number of carboxylic acids is 1. The van der Waals surface area contributed by atoms with Gasteiger partial charge in [0.2, 0.25) is 0 Å². The molecule has 1 aromatic heterocycles. The van der Waals surface area contributed by atoms with Gasteiger partial charge >= 0.3 is 5.97 Å². The van der Waals surface area contributed by atoms with Crippen LogP contribution in [0.25, 0.3) is 21.2 Å². The quantitative estimate of drug-likeness (QED) is 0.555. The third-order valence-electron chi connectivity index (χ3n) is 4.33. The fraction of sp³-hybridized carbons (Fsp3) is 0.286. The molecule has 1 heterocycles. The molecule has 0 spiro atoms. The summed E-state index contributed by atoms with van der Waals surface area (Å²) in [6.07, 6.45) is 1.91. The number of hydrogen-bond donors (Lipinski definition) is 2. The van der Waals surface area contributed by atoms with E-state index in [-0.39, 0.29) is 6.42 Å². The predicted molar refractivity (Wildman–Crippen MR) is 105 cm³/mol. The number of carboxylic acid groups (broad SMARTS) is 1. The molecule has 0 saturated carbocycles. The van der Waals surface area contributed by atoms with Gasteiger partial charge in [0.1, 0.15) is 0 Å². The third kappa shape index (κ3) is 4.27. The van der Waals surface area contributed by atoms with Crippen molar-refractivity contribution in [3.63, 3.8) is 0 Å². The maximum Gasteiger partial charge on any atom is 0.303 e. The van der Waals surface area contributed by atoms with E-state index in [4.69, 9.17) is 5.11 Å². The summed E-state index contributed by atoms with van der Waals surface area (Å²) in [5.41, 5.74) is 3.99. The molecule has 0 fully saturated rings. The molecule has 0 aliphatic carbocycles. The summed E-state index contributed by atoms with van der Waals surface area (Å²) < 4.78 is 1.32. The second kappa shape index (κ2) is 8.28. The lowest BCUT2D eigenvalue weighted by atomic mass is 9.97. The van der Waals surface area contributed by atoms with Gasteiger partial charge in [-0.2, -0.15) is 0 Å². The van der Waals surface area contributed by atoms with Crippen molar-refractivity contribution in [3.05, 3.63) is 59.0 Å². The van der Waals surface area contributed by atoms with E-state index in [2.05, 4.69) is 60.8 Å². The molecule has 3 rings (SSSR count). The Kier molecular flexibility index (Phi) is 5.84. The van der Waals surface area contributed by atoms with Crippen molar-refractivity contribution >= 4 is 27.4 Å². The molecule has 0 aliphatic heterocycles. The Hall–Kier alpha value is -2.17. The first kappa shape index (κ1) is 17.6. The standard InChI is InChI=1S/C21H23NO2S/c1-2-15-7-3-4-9-18(15)19-10-5-8-16-13-17(25-21(16)19)14-22-12-6-11-20(23)24/h3-5,7-10,13,22H,2,6,11-12,14H2,1H3,(H,23,24). The molecule has 0 atom stereocenters. The summed E-state index contributed by atoms with van der Waals surface area (Å²) in [7, 11) is 0. The van der Waals surface area contributed by atoms with E-state index < -0.39 is 5.97 Å². The lowest BCUT2D eigenvalue weighted by Crippen LogP contribution is -2.14. The van der Waals surface area contributed by atoms with Crippen LogP contribution in [0, 0.1) is 0 Å². The zero-order valence-electron chi connectivity index (χ0n) is 14.4. The van der Waals surface area contributed by atoms with Crippen LogP contribution in [0.2, 0.25) is 0 Å². The lowest BCUT2D eigenvalue weighted by Gasteiger charge is -2.08. The van der Waals surface area contributed by atoms with E-state index in [0.29, 0.717) is 6.42 Å². The maximum atomic E-state index is 10.5. The summed E-state index contributed by atoms with van der Waals surface area (Å²) in [5, 5.41) is 13.3. The molecule has 0 radical (unpaired) electrons. The fourth-order valence-electron chi connectivity index (χ4n) is 3.08. The number of aliphatic carboxylic acids is 1. The number of benzene rings is 2. The van der Waals surface area contributed by atoms with Crippen molar-refractivity contribution in [2.75, 3.05) is 6.54 Å². The third-order valence-corrected chi connectivity index (χ3v) is 5.51. The number of nitrogens with one attached hydrogen (secondary N) is 1. The lowest BCUT2D eigenvalue weighted by molar-refractivity contribution is -0.137. The highest BCUT2D eigenvalue weighted by Gasteiger charge is 2.10. The Balaban J connectivity index is 1.80. The zero-order valence-corrected chi connectivity index (χ0v) is 15.2. The van der Waals surface area contributed by atoms with E-state index in [1.807, 2.05) is 11.3 Å². The predicted octanol–water partition coefficient (Wildman–Crippen LogP) is 5.09. The van der Waals surface area contributed by atoms with Gasteiger partial charge in [-0.15, -0.1) is 11.3 Å². The SMILES string of the molecule is CCc1ccccc1-c1cccc2cc(CNCCCC(=O)O)sc12. The van der Waals surface area contributed by atoms with Gasteiger partial charge in [-0.3, -0.25) is 4.79 Å². The first-order valence-corrected chi connectivity index (χ1v) is 9.53. The molecule has 3 aromatic rings. The summed E-state index contributed by atoms with van der Waals surface area (Å²) >= 11 is 1.82. The number of carbonyl (C=O) groups is 1. The second-order valence-electron chi connectivity index (χ2n) is 6.12. The summed E-state index contributed by atoms with van der Waals surface area (Å²) in [6.45, 7) is 3.71. The van der Waals surface area contributed by atoms with Gasteiger partial charge in [0.25, 0.3) is 0 Å². The van der Waals surface area contributed by atoms with Crippen molar-refractivity contribution in [3.8, 4) is 11.1 Å². The molecule has 0 amide bonds. The average Bonchev–Trinajstić information content (AvgIpc) is 3.04. The minimum absolute atomic E-state index is 0.220. The van der Waals surface area contributed by atoms with E-state index in [0.717, 1.165) is 19.5 Å². The van der Waals surface area contributed by atoms with Crippen molar-refractivity contribution < 1.29 is 9.90 Å². The Morgan fingerprint density at radius 3 is 2.72 bits per heavy atom. The molecule has 0 saturated heterocycles. The van der Waals surface area contributed by atoms with Crippen LogP contribution in [0.4, 0.5) is 0 Å². The van der Waals surface area contributed by atoms with E-state index in [9.17, 15) is 4.79 Å². The molecule has 0 bridgehead atoms. The van der Waals surface area contributed by atoms with Gasteiger partial charge in [-0.25, -0.2) is 0 Å². The van der Waals surface area contributed by atoms with Crippen LogP contribution < -0.4 is 5.32 Å². The molecule has 2 N–H and O–H groups in total. The number of hydrogen-bond acceptors (Lipinski definition) is 3. The Morgan fingerprint density at radius 2 is 1.92 bits per heavy atom. The van der Waals surface area contributed by atoms with E-state index in [1.54, 1.807) is 0 Å². The molecule has 130 valence electrons. The Morgan fingerprint density at radius 1 is 1.12 bits per heavy atom. The molecule has 2 aromatic carbocycles. The van der Waals surface area contributed by atoms with Crippen LogP contribution in [-0.4, -0.2) is 17.6 Å². The summed E-state index contributed by atoms with van der Waals surface area (Å²) in [4.78, 5) is 11.8. The average molecular weight is 353 g/mol. The van der Waals surface area contributed by atoms with Gasteiger partial charge in [-0.05, 0) is 47.5 Å². The van der Waals surface area contributed by atoms with Crippen molar-refractivity contribution in [1.29, 1.82) is 0 Å². The zero-order chi connectivity index (χ0) is 17.6. The van der Waals surface area contributed by atoms with Crippen LogP contribution in [0.15, 0.2) is 48.5 Å². The van der Waals surface area contributed by atoms with Crippen LogP contribution in [0.1, 0.15) is 30.2 Å². The van der Waals surface area contributed by atoms with E-state index >= 15 is 0 Å². The molecular formula is C21H23NO2S. The topological polar surface area (TPSA) is 49.3 Å². The number of fused-ring (bicyclic) bond motifs is 1. The van der Waals surface area contributed by atoms with Crippen LogP contribution >= 0.6 is 11.3 Å².